The number of H-pyrrole nitrogens is 1. The van der Waals surface area contributed by atoms with Gasteiger partial charge in [-0.2, -0.15) is 0 Å². The summed E-state index contributed by atoms with van der Waals surface area (Å²) in [5, 5.41) is 8.66. The van der Waals surface area contributed by atoms with E-state index in [4.69, 9.17) is 10.8 Å². The highest BCUT2D eigenvalue weighted by atomic mass is 16.2. The Morgan fingerprint density at radius 2 is 2.20 bits per heavy atom. The van der Waals surface area contributed by atoms with E-state index in [2.05, 4.69) is 19.9 Å². The quantitative estimate of drug-likeness (QED) is 0.624. The molecule has 2 aromatic heterocycles. The predicted octanol–water partition coefficient (Wildman–Crippen LogP) is 0.250. The molecule has 0 saturated carbocycles. The largest absolute Gasteiger partial charge is 0.396 e. The second-order valence-corrected chi connectivity index (χ2v) is 3.32. The summed E-state index contributed by atoms with van der Waals surface area (Å²) in [5.74, 6) is 1.26. The lowest BCUT2D eigenvalue weighted by Crippen LogP contribution is -1.92. The summed E-state index contributed by atoms with van der Waals surface area (Å²) in [6.45, 7) is 0.210. The van der Waals surface area contributed by atoms with Crippen LogP contribution in [0, 0.1) is 0 Å². The van der Waals surface area contributed by atoms with Gasteiger partial charge in [-0.05, 0) is 12.8 Å². The van der Waals surface area contributed by atoms with Crippen molar-refractivity contribution in [3.8, 4) is 0 Å². The van der Waals surface area contributed by atoms with Crippen molar-refractivity contribution >= 4 is 17.0 Å². The molecule has 2 aromatic rings. The van der Waals surface area contributed by atoms with E-state index in [1.165, 1.54) is 6.33 Å². The number of aromatic amines is 1. The zero-order chi connectivity index (χ0) is 10.7. The first-order valence-electron chi connectivity index (χ1n) is 4.87. The van der Waals surface area contributed by atoms with Crippen LogP contribution in [-0.2, 0) is 6.42 Å². The van der Waals surface area contributed by atoms with Gasteiger partial charge in [0.2, 0.25) is 0 Å². The van der Waals surface area contributed by atoms with E-state index in [1.807, 2.05) is 0 Å². The van der Waals surface area contributed by atoms with Crippen LogP contribution in [0.3, 0.4) is 0 Å². The third-order valence-electron chi connectivity index (χ3n) is 2.19. The van der Waals surface area contributed by atoms with Crippen LogP contribution in [0.4, 0.5) is 5.82 Å². The molecular formula is C9H13N5O. The number of aryl methyl sites for hydroxylation is 1. The van der Waals surface area contributed by atoms with E-state index in [0.717, 1.165) is 25.1 Å². The lowest BCUT2D eigenvalue weighted by Gasteiger charge is -1.93. The third-order valence-corrected chi connectivity index (χ3v) is 2.19. The minimum absolute atomic E-state index is 0.210. The van der Waals surface area contributed by atoms with Gasteiger partial charge in [-0.1, -0.05) is 0 Å². The fraction of sp³-hybridized carbons (Fsp3) is 0.444. The minimum atomic E-state index is 0.210. The second kappa shape index (κ2) is 4.22. The van der Waals surface area contributed by atoms with Crippen LogP contribution in [0.25, 0.3) is 11.2 Å². The van der Waals surface area contributed by atoms with Gasteiger partial charge in [0.1, 0.15) is 17.7 Å². The Labute approximate surface area is 86.6 Å². The van der Waals surface area contributed by atoms with Gasteiger partial charge < -0.3 is 15.8 Å². The molecule has 0 aliphatic heterocycles. The monoisotopic (exact) mass is 207 g/mol. The molecule has 0 radical (unpaired) electrons. The highest BCUT2D eigenvalue weighted by Crippen LogP contribution is 2.14. The van der Waals surface area contributed by atoms with Crippen molar-refractivity contribution in [2.24, 2.45) is 0 Å². The smallest absolute Gasteiger partial charge is 0.183 e. The molecule has 80 valence electrons. The summed E-state index contributed by atoms with van der Waals surface area (Å²) in [7, 11) is 0. The fourth-order valence-corrected chi connectivity index (χ4v) is 1.42. The molecule has 4 N–H and O–H groups in total. The maximum absolute atomic E-state index is 8.66. The van der Waals surface area contributed by atoms with Crippen molar-refractivity contribution in [2.75, 3.05) is 12.3 Å². The van der Waals surface area contributed by atoms with Crippen molar-refractivity contribution in [1.29, 1.82) is 0 Å². The average Bonchev–Trinajstić information content (AvgIpc) is 2.63. The van der Waals surface area contributed by atoms with Crippen LogP contribution in [0.5, 0.6) is 0 Å². The predicted molar refractivity (Wildman–Crippen MR) is 56.1 cm³/mol. The number of rotatable bonds is 4. The van der Waals surface area contributed by atoms with Crippen LogP contribution in [-0.4, -0.2) is 31.6 Å². The maximum Gasteiger partial charge on any atom is 0.183 e. The molecular weight excluding hydrogens is 194 g/mol. The summed E-state index contributed by atoms with van der Waals surface area (Å²) in [5.41, 5.74) is 6.95. The molecule has 2 heterocycles. The number of imidazole rings is 1. The first-order chi connectivity index (χ1) is 7.31. The van der Waals surface area contributed by atoms with Crippen molar-refractivity contribution in [1.82, 2.24) is 19.9 Å². The zero-order valence-electron chi connectivity index (χ0n) is 8.27. The van der Waals surface area contributed by atoms with E-state index in [1.54, 1.807) is 0 Å². The van der Waals surface area contributed by atoms with Gasteiger partial charge in [-0.25, -0.2) is 15.0 Å². The van der Waals surface area contributed by atoms with Gasteiger partial charge >= 0.3 is 0 Å². The third kappa shape index (κ3) is 2.04. The van der Waals surface area contributed by atoms with Crippen molar-refractivity contribution in [3.05, 3.63) is 12.2 Å². The maximum atomic E-state index is 8.66. The van der Waals surface area contributed by atoms with Gasteiger partial charge in [0.25, 0.3) is 0 Å². The van der Waals surface area contributed by atoms with E-state index in [0.29, 0.717) is 17.0 Å². The van der Waals surface area contributed by atoms with Gasteiger partial charge in [0.05, 0.1) is 0 Å². The number of aliphatic hydroxyl groups excluding tert-OH is 1. The molecule has 0 saturated heterocycles. The molecule has 0 fully saturated rings. The number of hydrogen-bond acceptors (Lipinski definition) is 5. The molecule has 0 unspecified atom stereocenters. The normalized spacial score (nSPS) is 11.0. The fourth-order valence-electron chi connectivity index (χ4n) is 1.42. The van der Waals surface area contributed by atoms with Crippen LogP contribution < -0.4 is 5.73 Å². The molecule has 15 heavy (non-hydrogen) atoms. The Kier molecular flexibility index (Phi) is 2.77. The second-order valence-electron chi connectivity index (χ2n) is 3.32. The number of fused-ring (bicyclic) bond motifs is 1. The molecule has 0 spiro atoms. The SMILES string of the molecule is Nc1ncnc2nc(CCCCO)[nH]c12. The summed E-state index contributed by atoms with van der Waals surface area (Å²) >= 11 is 0. The van der Waals surface area contributed by atoms with E-state index in [-0.39, 0.29) is 6.61 Å². The Morgan fingerprint density at radius 3 is 2.93 bits per heavy atom. The Hall–Kier alpha value is -1.69. The summed E-state index contributed by atoms with van der Waals surface area (Å²) < 4.78 is 0. The van der Waals surface area contributed by atoms with Crippen LogP contribution in [0.2, 0.25) is 0 Å². The number of anilines is 1. The Bertz CT molecular complexity index is 453. The van der Waals surface area contributed by atoms with Gasteiger partial charge in [-0.3, -0.25) is 0 Å². The molecule has 0 aromatic carbocycles. The molecule has 0 bridgehead atoms. The average molecular weight is 207 g/mol. The first-order valence-corrected chi connectivity index (χ1v) is 4.87. The number of aliphatic hydroxyl groups is 1. The number of nitrogens with two attached hydrogens (primary N) is 1. The minimum Gasteiger partial charge on any atom is -0.396 e. The van der Waals surface area contributed by atoms with Crippen LogP contribution in [0.15, 0.2) is 6.33 Å². The van der Waals surface area contributed by atoms with Crippen LogP contribution in [0.1, 0.15) is 18.7 Å². The summed E-state index contributed by atoms with van der Waals surface area (Å²) in [6, 6.07) is 0. The summed E-state index contributed by atoms with van der Waals surface area (Å²) in [6.07, 6.45) is 3.86. The molecule has 2 rings (SSSR count). The number of unbranched alkanes of at least 4 members (excludes halogenated alkanes) is 1. The molecule has 0 aliphatic carbocycles. The van der Waals surface area contributed by atoms with Crippen molar-refractivity contribution in [3.63, 3.8) is 0 Å². The number of nitrogens with one attached hydrogen (secondary N) is 1. The Balaban J connectivity index is 2.20. The molecule has 0 atom stereocenters. The molecule has 0 aliphatic rings. The van der Waals surface area contributed by atoms with Crippen LogP contribution >= 0.6 is 0 Å². The lowest BCUT2D eigenvalue weighted by molar-refractivity contribution is 0.284. The van der Waals surface area contributed by atoms with Gasteiger partial charge in [0, 0.05) is 13.0 Å². The molecule has 6 nitrogen and oxygen atoms in total. The van der Waals surface area contributed by atoms with Gasteiger partial charge in [0.15, 0.2) is 11.5 Å². The zero-order valence-corrected chi connectivity index (χ0v) is 8.27. The van der Waals surface area contributed by atoms with E-state index >= 15 is 0 Å². The first kappa shape index (κ1) is 9.85. The van der Waals surface area contributed by atoms with E-state index in [9.17, 15) is 0 Å². The number of hydrogen-bond donors (Lipinski definition) is 3. The topological polar surface area (TPSA) is 101 Å². The van der Waals surface area contributed by atoms with Crippen molar-refractivity contribution in [2.45, 2.75) is 19.3 Å². The number of aromatic nitrogens is 4. The van der Waals surface area contributed by atoms with E-state index < -0.39 is 0 Å². The number of nitrogens with zero attached hydrogens (tertiary/aromatic N) is 3. The molecule has 0 amide bonds. The van der Waals surface area contributed by atoms with Crippen molar-refractivity contribution < 1.29 is 5.11 Å². The highest BCUT2D eigenvalue weighted by Gasteiger charge is 2.06. The molecule has 6 heteroatoms. The lowest BCUT2D eigenvalue weighted by atomic mass is 10.2. The van der Waals surface area contributed by atoms with Gasteiger partial charge in [-0.15, -0.1) is 0 Å². The summed E-state index contributed by atoms with van der Waals surface area (Å²) in [4.78, 5) is 15.2. The Morgan fingerprint density at radius 1 is 1.33 bits per heavy atom. The standard InChI is InChI=1S/C9H13N5O/c10-8-7-9(12-5-11-8)14-6(13-7)3-1-2-4-15/h5,15H,1-4H2,(H3,10,11,12,13,14). The number of nitrogen functional groups attached to an aromatic ring is 1. The highest BCUT2D eigenvalue weighted by molar-refractivity contribution is 5.80.